The third-order valence-corrected chi connectivity index (χ3v) is 4.84. The molecule has 1 fully saturated rings. The first kappa shape index (κ1) is 15.4. The Labute approximate surface area is 108 Å². The number of nitrogens with one attached hydrogen (secondary N) is 1. The molecule has 1 aliphatic heterocycles. The van der Waals surface area contributed by atoms with Crippen LogP contribution in [0.1, 0.15) is 19.8 Å². The van der Waals surface area contributed by atoms with E-state index in [0.717, 1.165) is 0 Å². The normalized spacial score (nSPS) is 22.0. The molecule has 1 heterocycles. The molecule has 0 aromatic carbocycles. The van der Waals surface area contributed by atoms with Gasteiger partial charge in [-0.3, -0.25) is 4.79 Å². The second kappa shape index (κ2) is 7.06. The van der Waals surface area contributed by atoms with Crippen LogP contribution in [0.4, 0.5) is 0 Å². The van der Waals surface area contributed by atoms with E-state index >= 15 is 0 Å². The van der Waals surface area contributed by atoms with Crippen LogP contribution in [0.25, 0.3) is 0 Å². The second-order valence-corrected chi connectivity index (χ2v) is 6.74. The van der Waals surface area contributed by atoms with Gasteiger partial charge in [-0.2, -0.15) is 0 Å². The SMILES string of the molecule is CCC(=O)N(CCO)CCN[C@@H]1CCS(=O)(=O)C1. The second-order valence-electron chi connectivity index (χ2n) is 4.51. The molecule has 6 nitrogen and oxygen atoms in total. The van der Waals surface area contributed by atoms with Gasteiger partial charge in [0.1, 0.15) is 0 Å². The van der Waals surface area contributed by atoms with Crippen LogP contribution in [-0.2, 0) is 14.6 Å². The number of hydrogen-bond acceptors (Lipinski definition) is 5. The van der Waals surface area contributed by atoms with Gasteiger partial charge >= 0.3 is 0 Å². The van der Waals surface area contributed by atoms with Crippen molar-refractivity contribution in [2.24, 2.45) is 0 Å². The molecule has 106 valence electrons. The Morgan fingerprint density at radius 2 is 2.17 bits per heavy atom. The summed E-state index contributed by atoms with van der Waals surface area (Å²) in [7, 11) is -2.86. The van der Waals surface area contributed by atoms with Crippen molar-refractivity contribution in [1.82, 2.24) is 10.2 Å². The van der Waals surface area contributed by atoms with Crippen LogP contribution in [0.5, 0.6) is 0 Å². The lowest BCUT2D eigenvalue weighted by molar-refractivity contribution is -0.131. The van der Waals surface area contributed by atoms with E-state index in [4.69, 9.17) is 5.11 Å². The number of hydrogen-bond donors (Lipinski definition) is 2. The van der Waals surface area contributed by atoms with Crippen LogP contribution in [0, 0.1) is 0 Å². The minimum Gasteiger partial charge on any atom is -0.395 e. The summed E-state index contributed by atoms with van der Waals surface area (Å²) in [6.07, 6.45) is 1.06. The highest BCUT2D eigenvalue weighted by atomic mass is 32.2. The summed E-state index contributed by atoms with van der Waals surface area (Å²) < 4.78 is 22.5. The average Bonchev–Trinajstić information content (AvgIpc) is 2.67. The summed E-state index contributed by atoms with van der Waals surface area (Å²) in [5.41, 5.74) is 0. The van der Waals surface area contributed by atoms with Crippen LogP contribution in [0.2, 0.25) is 0 Å². The maximum Gasteiger partial charge on any atom is 0.222 e. The van der Waals surface area contributed by atoms with E-state index in [0.29, 0.717) is 32.5 Å². The van der Waals surface area contributed by atoms with Crippen molar-refractivity contribution in [3.8, 4) is 0 Å². The Bertz CT molecular complexity index is 369. The minimum atomic E-state index is -2.86. The smallest absolute Gasteiger partial charge is 0.222 e. The Morgan fingerprint density at radius 1 is 1.44 bits per heavy atom. The molecule has 0 radical (unpaired) electrons. The number of aliphatic hydroxyl groups excluding tert-OH is 1. The molecule has 1 amide bonds. The Hall–Kier alpha value is -0.660. The van der Waals surface area contributed by atoms with Gasteiger partial charge < -0.3 is 15.3 Å². The van der Waals surface area contributed by atoms with E-state index < -0.39 is 9.84 Å². The molecule has 0 saturated carbocycles. The van der Waals surface area contributed by atoms with Crippen LogP contribution in [0.3, 0.4) is 0 Å². The number of sulfone groups is 1. The first-order chi connectivity index (χ1) is 8.48. The summed E-state index contributed by atoms with van der Waals surface area (Å²) in [5.74, 6) is 0.443. The predicted octanol–water partition coefficient (Wildman–Crippen LogP) is -1.01. The highest BCUT2D eigenvalue weighted by Crippen LogP contribution is 2.10. The van der Waals surface area contributed by atoms with Gasteiger partial charge in [0.2, 0.25) is 5.91 Å². The minimum absolute atomic E-state index is 0.00250. The third-order valence-electron chi connectivity index (χ3n) is 3.07. The van der Waals surface area contributed by atoms with Gasteiger partial charge in [0.25, 0.3) is 0 Å². The zero-order valence-corrected chi connectivity index (χ0v) is 11.6. The van der Waals surface area contributed by atoms with Gasteiger partial charge in [-0.15, -0.1) is 0 Å². The molecule has 0 spiro atoms. The summed E-state index contributed by atoms with van der Waals surface area (Å²) in [5, 5.41) is 12.0. The van der Waals surface area contributed by atoms with Gasteiger partial charge in [0, 0.05) is 32.1 Å². The third kappa shape index (κ3) is 4.91. The van der Waals surface area contributed by atoms with E-state index in [1.165, 1.54) is 0 Å². The largest absolute Gasteiger partial charge is 0.395 e. The van der Waals surface area contributed by atoms with Gasteiger partial charge in [-0.05, 0) is 6.42 Å². The molecule has 1 rings (SSSR count). The Morgan fingerprint density at radius 3 is 2.67 bits per heavy atom. The lowest BCUT2D eigenvalue weighted by Crippen LogP contribution is -2.41. The first-order valence-corrected chi connectivity index (χ1v) is 8.13. The number of nitrogens with zero attached hydrogens (tertiary/aromatic N) is 1. The molecule has 1 aliphatic rings. The molecule has 0 aromatic heterocycles. The fraction of sp³-hybridized carbons (Fsp3) is 0.909. The highest BCUT2D eigenvalue weighted by molar-refractivity contribution is 7.91. The van der Waals surface area contributed by atoms with Crippen molar-refractivity contribution in [2.75, 3.05) is 37.7 Å². The van der Waals surface area contributed by atoms with Crippen LogP contribution in [-0.4, -0.2) is 68.1 Å². The van der Waals surface area contributed by atoms with Gasteiger partial charge in [0.15, 0.2) is 9.84 Å². The van der Waals surface area contributed by atoms with E-state index in [9.17, 15) is 13.2 Å². The zero-order valence-electron chi connectivity index (χ0n) is 10.8. The molecule has 0 aromatic rings. The fourth-order valence-corrected chi connectivity index (χ4v) is 3.77. The maximum atomic E-state index is 11.5. The Kier molecular flexibility index (Phi) is 6.04. The van der Waals surface area contributed by atoms with Crippen LogP contribution in [0.15, 0.2) is 0 Å². The van der Waals surface area contributed by atoms with E-state index in [2.05, 4.69) is 5.32 Å². The molecule has 1 atom stereocenters. The van der Waals surface area contributed by atoms with Gasteiger partial charge in [-0.25, -0.2) is 8.42 Å². The van der Waals surface area contributed by atoms with E-state index in [-0.39, 0.29) is 30.1 Å². The molecule has 0 bridgehead atoms. The number of amides is 1. The van der Waals surface area contributed by atoms with Crippen molar-refractivity contribution in [3.63, 3.8) is 0 Å². The lowest BCUT2D eigenvalue weighted by Gasteiger charge is -2.22. The predicted molar refractivity (Wildman–Crippen MR) is 69.0 cm³/mol. The van der Waals surface area contributed by atoms with Crippen LogP contribution < -0.4 is 5.32 Å². The van der Waals surface area contributed by atoms with E-state index in [1.54, 1.807) is 11.8 Å². The lowest BCUT2D eigenvalue weighted by atomic mass is 10.2. The molecule has 18 heavy (non-hydrogen) atoms. The van der Waals surface area contributed by atoms with E-state index in [1.807, 2.05) is 0 Å². The summed E-state index contributed by atoms with van der Waals surface area (Å²) in [6.45, 7) is 3.13. The molecule has 2 N–H and O–H groups in total. The number of rotatable bonds is 7. The average molecular weight is 278 g/mol. The molecule has 7 heteroatoms. The highest BCUT2D eigenvalue weighted by Gasteiger charge is 2.27. The number of carbonyl (C=O) groups is 1. The molecular weight excluding hydrogens is 256 g/mol. The maximum absolute atomic E-state index is 11.5. The number of aliphatic hydroxyl groups is 1. The molecule has 0 aliphatic carbocycles. The Balaban J connectivity index is 2.29. The molecule has 0 unspecified atom stereocenters. The molecular formula is C11H22N2O4S. The monoisotopic (exact) mass is 278 g/mol. The quantitative estimate of drug-likeness (QED) is 0.623. The van der Waals surface area contributed by atoms with Crippen molar-refractivity contribution in [2.45, 2.75) is 25.8 Å². The summed E-state index contributed by atoms with van der Waals surface area (Å²) >= 11 is 0. The zero-order chi connectivity index (χ0) is 13.6. The van der Waals surface area contributed by atoms with Crippen LogP contribution >= 0.6 is 0 Å². The van der Waals surface area contributed by atoms with Gasteiger partial charge in [0.05, 0.1) is 18.1 Å². The standard InChI is InChI=1S/C11H22N2O4S/c1-2-11(15)13(6-7-14)5-4-12-10-3-8-18(16,17)9-10/h10,12,14H,2-9H2,1H3/t10-/m1/s1. The van der Waals surface area contributed by atoms with Gasteiger partial charge in [-0.1, -0.05) is 6.92 Å². The van der Waals surface area contributed by atoms with Crippen molar-refractivity contribution in [3.05, 3.63) is 0 Å². The number of carbonyl (C=O) groups excluding carboxylic acids is 1. The van der Waals surface area contributed by atoms with Crippen molar-refractivity contribution < 1.29 is 18.3 Å². The van der Waals surface area contributed by atoms with Crippen molar-refractivity contribution >= 4 is 15.7 Å². The molecule has 1 saturated heterocycles. The fourth-order valence-electron chi connectivity index (χ4n) is 2.07. The topological polar surface area (TPSA) is 86.7 Å². The summed E-state index contributed by atoms with van der Waals surface area (Å²) in [6, 6.07) is 0.00250. The summed E-state index contributed by atoms with van der Waals surface area (Å²) in [4.78, 5) is 13.1. The first-order valence-electron chi connectivity index (χ1n) is 6.31. The van der Waals surface area contributed by atoms with Crippen molar-refractivity contribution in [1.29, 1.82) is 0 Å².